The van der Waals surface area contributed by atoms with Crippen LogP contribution in [0.25, 0.3) is 0 Å². The Balaban J connectivity index is 2.17. The van der Waals surface area contributed by atoms with Gasteiger partial charge in [-0.15, -0.1) is 23.2 Å². The first kappa shape index (κ1) is 20.1. The first-order chi connectivity index (χ1) is 11.1. The van der Waals surface area contributed by atoms with Gasteiger partial charge in [0.1, 0.15) is 0 Å². The van der Waals surface area contributed by atoms with Crippen molar-refractivity contribution in [2.75, 3.05) is 20.1 Å². The molecule has 5 unspecified atom stereocenters. The Kier molecular flexibility index (Phi) is 6.67. The van der Waals surface area contributed by atoms with Crippen molar-refractivity contribution in [3.63, 3.8) is 0 Å². The molecule has 2 N–H and O–H groups in total. The van der Waals surface area contributed by atoms with Gasteiger partial charge in [0.2, 0.25) is 0 Å². The number of piperidine rings is 1. The number of rotatable bonds is 3. The number of hydrogen-bond donors (Lipinski definition) is 2. The van der Waals surface area contributed by atoms with E-state index in [1.54, 1.807) is 0 Å². The predicted molar refractivity (Wildman–Crippen MR) is 86.2 cm³/mol. The highest BCUT2D eigenvalue weighted by molar-refractivity contribution is 6.30. The van der Waals surface area contributed by atoms with Crippen LogP contribution in [0.3, 0.4) is 0 Å². The van der Waals surface area contributed by atoms with Crippen molar-refractivity contribution in [2.24, 2.45) is 11.8 Å². The predicted octanol–water partition coefficient (Wildman–Crippen LogP) is 2.36. The Labute approximate surface area is 149 Å². The average Bonchev–Trinajstić information content (AvgIpc) is 2.48. The molecule has 0 radical (unpaired) electrons. The summed E-state index contributed by atoms with van der Waals surface area (Å²) in [6.45, 7) is 1.49. The van der Waals surface area contributed by atoms with Gasteiger partial charge in [-0.3, -0.25) is 4.79 Å². The lowest BCUT2D eigenvalue weighted by molar-refractivity contribution is -0.175. The van der Waals surface area contributed by atoms with Crippen LogP contribution in [0.5, 0.6) is 0 Å². The Morgan fingerprint density at radius 3 is 2.29 bits per heavy atom. The maximum Gasteiger partial charge on any atom is 0.471 e. The third-order valence-corrected chi connectivity index (χ3v) is 6.23. The van der Waals surface area contributed by atoms with E-state index in [4.69, 9.17) is 23.2 Å². The minimum absolute atomic E-state index is 0.122. The standard InChI is InChI=1S/C15H23Cl2F3N2O2/c1-22-4-2-8(3-5-22)13(21-14(24)15(18,19)20)9-6-10(16)11(17)7-12(9)23/h8-13,23H,2-7H2,1H3,(H,21,24). The van der Waals surface area contributed by atoms with Crippen molar-refractivity contribution in [3.8, 4) is 0 Å². The zero-order valence-corrected chi connectivity index (χ0v) is 14.9. The van der Waals surface area contributed by atoms with Gasteiger partial charge < -0.3 is 15.3 Å². The highest BCUT2D eigenvalue weighted by atomic mass is 35.5. The molecule has 1 amide bonds. The zero-order chi connectivity index (χ0) is 18.1. The maximum absolute atomic E-state index is 12.7. The van der Waals surface area contributed by atoms with E-state index < -0.39 is 40.9 Å². The molecule has 140 valence electrons. The lowest BCUT2D eigenvalue weighted by Gasteiger charge is -2.43. The molecule has 0 aromatic rings. The van der Waals surface area contributed by atoms with E-state index >= 15 is 0 Å². The van der Waals surface area contributed by atoms with Crippen LogP contribution < -0.4 is 5.32 Å². The summed E-state index contributed by atoms with van der Waals surface area (Å²) in [6.07, 6.45) is -3.99. The van der Waals surface area contributed by atoms with Gasteiger partial charge >= 0.3 is 12.1 Å². The molecule has 2 fully saturated rings. The number of halogens is 5. The fourth-order valence-electron chi connectivity index (χ4n) is 3.70. The first-order valence-corrected chi connectivity index (χ1v) is 8.99. The number of amides is 1. The molecule has 1 saturated heterocycles. The second kappa shape index (κ2) is 7.98. The number of hydrogen-bond acceptors (Lipinski definition) is 3. The number of nitrogens with zero attached hydrogens (tertiary/aromatic N) is 1. The smallest absolute Gasteiger partial charge is 0.393 e. The van der Waals surface area contributed by atoms with Gasteiger partial charge in [0.05, 0.1) is 16.9 Å². The first-order valence-electron chi connectivity index (χ1n) is 8.12. The third-order valence-electron chi connectivity index (χ3n) is 5.14. The fourth-order valence-corrected chi connectivity index (χ4v) is 4.29. The molecule has 1 heterocycles. The molecule has 0 spiro atoms. The van der Waals surface area contributed by atoms with Crippen LogP contribution in [0.4, 0.5) is 13.2 Å². The monoisotopic (exact) mass is 390 g/mol. The lowest BCUT2D eigenvalue weighted by Crippen LogP contribution is -2.56. The van der Waals surface area contributed by atoms with E-state index in [2.05, 4.69) is 10.2 Å². The lowest BCUT2D eigenvalue weighted by atomic mass is 9.74. The minimum atomic E-state index is -4.95. The van der Waals surface area contributed by atoms with Crippen LogP contribution in [0.2, 0.25) is 0 Å². The molecule has 1 saturated carbocycles. The van der Waals surface area contributed by atoms with Crippen molar-refractivity contribution >= 4 is 29.1 Å². The Morgan fingerprint density at radius 2 is 1.75 bits per heavy atom. The van der Waals surface area contributed by atoms with Gasteiger partial charge in [-0.1, -0.05) is 0 Å². The van der Waals surface area contributed by atoms with Gasteiger partial charge in [-0.05, 0) is 51.7 Å². The van der Waals surface area contributed by atoms with Crippen LogP contribution in [0, 0.1) is 11.8 Å². The Hall–Kier alpha value is -0.240. The SMILES string of the molecule is CN1CCC(C(NC(=O)C(F)(F)F)C2CC(Cl)C(Cl)CC2O)CC1. The average molecular weight is 391 g/mol. The van der Waals surface area contributed by atoms with E-state index in [0.717, 1.165) is 13.1 Å². The summed E-state index contributed by atoms with van der Waals surface area (Å²) in [5.41, 5.74) is 0. The number of carbonyl (C=O) groups excluding carboxylic acids is 1. The number of alkyl halides is 5. The molecule has 1 aliphatic carbocycles. The van der Waals surface area contributed by atoms with Crippen molar-refractivity contribution in [3.05, 3.63) is 0 Å². The van der Waals surface area contributed by atoms with Crippen molar-refractivity contribution in [1.82, 2.24) is 10.2 Å². The molecule has 9 heteroatoms. The summed E-state index contributed by atoms with van der Waals surface area (Å²) >= 11 is 12.2. The van der Waals surface area contributed by atoms with E-state index in [9.17, 15) is 23.1 Å². The molecular formula is C15H23Cl2F3N2O2. The topological polar surface area (TPSA) is 52.6 Å². The second-order valence-corrected chi connectivity index (χ2v) is 7.99. The molecule has 2 rings (SSSR count). The van der Waals surface area contributed by atoms with Crippen molar-refractivity contribution < 1.29 is 23.1 Å². The summed E-state index contributed by atoms with van der Waals surface area (Å²) in [7, 11) is 1.95. The highest BCUT2D eigenvalue weighted by Crippen LogP contribution is 2.38. The summed E-state index contributed by atoms with van der Waals surface area (Å²) in [6, 6.07) is -0.756. The largest absolute Gasteiger partial charge is 0.471 e. The zero-order valence-electron chi connectivity index (χ0n) is 13.4. The van der Waals surface area contributed by atoms with Gasteiger partial charge in [-0.2, -0.15) is 13.2 Å². The van der Waals surface area contributed by atoms with Crippen LogP contribution in [-0.4, -0.2) is 65.1 Å². The van der Waals surface area contributed by atoms with E-state index in [1.807, 2.05) is 7.05 Å². The second-order valence-electron chi connectivity index (χ2n) is 6.87. The summed E-state index contributed by atoms with van der Waals surface area (Å²) < 4.78 is 38.1. The molecule has 4 nitrogen and oxygen atoms in total. The number of aliphatic hydroxyl groups excluding tert-OH is 1. The maximum atomic E-state index is 12.7. The van der Waals surface area contributed by atoms with Gasteiger partial charge in [-0.25, -0.2) is 0 Å². The van der Waals surface area contributed by atoms with Gasteiger partial charge in [0, 0.05) is 12.0 Å². The summed E-state index contributed by atoms with van der Waals surface area (Å²) in [4.78, 5) is 13.6. The minimum Gasteiger partial charge on any atom is -0.393 e. The van der Waals surface area contributed by atoms with E-state index in [1.165, 1.54) is 0 Å². The van der Waals surface area contributed by atoms with E-state index in [0.29, 0.717) is 12.8 Å². The normalized spacial score (nSPS) is 34.8. The number of aliphatic hydroxyl groups is 1. The van der Waals surface area contributed by atoms with Gasteiger partial charge in [0.15, 0.2) is 0 Å². The Morgan fingerprint density at radius 1 is 1.21 bits per heavy atom. The number of likely N-dealkylation sites (tertiary alicyclic amines) is 1. The summed E-state index contributed by atoms with van der Waals surface area (Å²) in [5.74, 6) is -2.61. The van der Waals surface area contributed by atoms with E-state index in [-0.39, 0.29) is 18.8 Å². The molecule has 0 aromatic heterocycles. The quantitative estimate of drug-likeness (QED) is 0.727. The molecular weight excluding hydrogens is 368 g/mol. The highest BCUT2D eigenvalue weighted by Gasteiger charge is 2.46. The van der Waals surface area contributed by atoms with Crippen LogP contribution >= 0.6 is 23.2 Å². The van der Waals surface area contributed by atoms with Crippen LogP contribution in [0.1, 0.15) is 25.7 Å². The number of nitrogens with one attached hydrogen (secondary N) is 1. The molecule has 0 bridgehead atoms. The van der Waals surface area contributed by atoms with Crippen molar-refractivity contribution in [1.29, 1.82) is 0 Å². The molecule has 5 atom stereocenters. The third kappa shape index (κ3) is 4.90. The Bertz CT molecular complexity index is 445. The summed E-state index contributed by atoms with van der Waals surface area (Å²) in [5, 5.41) is 11.6. The van der Waals surface area contributed by atoms with Gasteiger partial charge in [0.25, 0.3) is 0 Å². The van der Waals surface area contributed by atoms with Crippen molar-refractivity contribution in [2.45, 2.75) is 54.8 Å². The molecule has 1 aliphatic heterocycles. The van der Waals surface area contributed by atoms with Crippen LogP contribution in [0.15, 0.2) is 0 Å². The molecule has 2 aliphatic rings. The van der Waals surface area contributed by atoms with Crippen LogP contribution in [-0.2, 0) is 4.79 Å². The molecule has 24 heavy (non-hydrogen) atoms. The molecule has 0 aromatic carbocycles. The fraction of sp³-hybridized carbons (Fsp3) is 0.933. The number of carbonyl (C=O) groups is 1.